The maximum atomic E-state index is 12.0. The molecule has 2 N–H and O–H groups in total. The van der Waals surface area contributed by atoms with Crippen molar-refractivity contribution in [3.05, 3.63) is 23.3 Å². The maximum Gasteiger partial charge on any atom is 0.277 e. The highest BCUT2D eigenvalue weighted by molar-refractivity contribution is 6.70. The second-order valence-corrected chi connectivity index (χ2v) is 4.96. The Hall–Kier alpha value is -2.54. The lowest BCUT2D eigenvalue weighted by molar-refractivity contribution is -0.117. The van der Waals surface area contributed by atoms with E-state index in [2.05, 4.69) is 15.3 Å². The number of aldehydes is 1. The molecule has 0 aliphatic carbocycles. The lowest BCUT2D eigenvalue weighted by Crippen LogP contribution is -2.54. The molecule has 21 heavy (non-hydrogen) atoms. The molecule has 0 spiro atoms. The number of benzene rings is 1. The van der Waals surface area contributed by atoms with E-state index in [4.69, 9.17) is 0 Å². The van der Waals surface area contributed by atoms with E-state index in [1.54, 1.807) is 4.90 Å². The van der Waals surface area contributed by atoms with Crippen LogP contribution in [0.4, 0.5) is 11.4 Å². The fraction of sp³-hybridized carbons (Fsp3) is 0.286. The lowest BCUT2D eigenvalue weighted by atomic mass is 10.0. The van der Waals surface area contributed by atoms with Gasteiger partial charge in [0.15, 0.2) is 11.5 Å². The number of aliphatic hydroxyl groups excluding tert-OH is 1. The molecule has 7 nitrogen and oxygen atoms in total. The van der Waals surface area contributed by atoms with E-state index in [1.165, 1.54) is 0 Å². The van der Waals surface area contributed by atoms with Crippen LogP contribution in [0, 0.1) is 13.8 Å². The second kappa shape index (κ2) is 4.78. The van der Waals surface area contributed by atoms with E-state index in [-0.39, 0.29) is 18.1 Å². The summed E-state index contributed by atoms with van der Waals surface area (Å²) in [5.41, 5.74) is 3.51. The van der Waals surface area contributed by atoms with E-state index in [0.29, 0.717) is 11.4 Å². The molecule has 1 atom stereocenters. The molecule has 0 aromatic heterocycles. The first-order chi connectivity index (χ1) is 10.0. The van der Waals surface area contributed by atoms with Crippen molar-refractivity contribution in [1.29, 1.82) is 0 Å². The summed E-state index contributed by atoms with van der Waals surface area (Å²) in [7, 11) is 0. The number of amidine groups is 1. The summed E-state index contributed by atoms with van der Waals surface area (Å²) < 4.78 is 0. The zero-order chi connectivity index (χ0) is 15.1. The number of carbonyl (C=O) groups is 2. The van der Waals surface area contributed by atoms with Crippen LogP contribution in [0.1, 0.15) is 11.1 Å². The Morgan fingerprint density at radius 3 is 2.81 bits per heavy atom. The second-order valence-electron chi connectivity index (χ2n) is 4.96. The Morgan fingerprint density at radius 2 is 2.10 bits per heavy atom. The number of nitrogens with zero attached hydrogens (tertiary/aromatic N) is 3. The number of hydrogen-bond acceptors (Lipinski definition) is 6. The first-order valence-electron chi connectivity index (χ1n) is 6.49. The van der Waals surface area contributed by atoms with E-state index in [9.17, 15) is 14.7 Å². The van der Waals surface area contributed by atoms with Crippen LogP contribution in [-0.4, -0.2) is 41.7 Å². The van der Waals surface area contributed by atoms with Crippen molar-refractivity contribution >= 4 is 35.1 Å². The van der Waals surface area contributed by atoms with Crippen LogP contribution < -0.4 is 10.2 Å². The summed E-state index contributed by atoms with van der Waals surface area (Å²) in [6, 6.07) is 3.76. The van der Waals surface area contributed by atoms with Gasteiger partial charge in [0, 0.05) is 0 Å². The van der Waals surface area contributed by atoms with Crippen LogP contribution in [0.25, 0.3) is 0 Å². The zero-order valence-electron chi connectivity index (χ0n) is 11.6. The smallest absolute Gasteiger partial charge is 0.277 e. The Labute approximate surface area is 121 Å². The number of aliphatic imine (C=N–C) groups is 2. The van der Waals surface area contributed by atoms with Crippen molar-refractivity contribution in [2.24, 2.45) is 9.98 Å². The zero-order valence-corrected chi connectivity index (χ0v) is 11.6. The minimum Gasteiger partial charge on any atom is -0.355 e. The van der Waals surface area contributed by atoms with Crippen LogP contribution in [0.3, 0.4) is 0 Å². The molecule has 108 valence electrons. The third-order valence-electron chi connectivity index (χ3n) is 3.56. The van der Waals surface area contributed by atoms with Gasteiger partial charge in [-0.15, -0.1) is 0 Å². The molecular formula is C14H14N4O3. The van der Waals surface area contributed by atoms with Gasteiger partial charge in [0.1, 0.15) is 6.29 Å². The standard InChI is InChI=1S/C14H14N4O3/c1-7-5-9-10(6-8(7)2)18(3-4-19)12-11(15-9)13(20)17-14(21)16-12/h4-6,14,21H,3H2,1-2H3,(H,17,20). The molecular weight excluding hydrogens is 272 g/mol. The third-order valence-corrected chi connectivity index (χ3v) is 3.56. The average molecular weight is 286 g/mol. The number of nitrogens with one attached hydrogen (secondary N) is 1. The number of carbonyl (C=O) groups excluding carboxylic acids is 2. The molecule has 1 unspecified atom stereocenters. The van der Waals surface area contributed by atoms with Gasteiger partial charge in [0.25, 0.3) is 5.91 Å². The Balaban J connectivity index is 2.24. The Morgan fingerprint density at radius 1 is 1.38 bits per heavy atom. The Bertz CT molecular complexity index is 708. The number of rotatable bonds is 2. The van der Waals surface area contributed by atoms with Crippen LogP contribution in [-0.2, 0) is 9.59 Å². The van der Waals surface area contributed by atoms with Crippen molar-refractivity contribution in [2.75, 3.05) is 11.4 Å². The average Bonchev–Trinajstić information content (AvgIpc) is 2.42. The van der Waals surface area contributed by atoms with Gasteiger partial charge in [-0.05, 0) is 37.1 Å². The van der Waals surface area contributed by atoms with Gasteiger partial charge in [0.05, 0.1) is 17.9 Å². The van der Waals surface area contributed by atoms with Crippen molar-refractivity contribution in [1.82, 2.24) is 5.32 Å². The number of aryl methyl sites for hydroxylation is 2. The molecule has 3 rings (SSSR count). The molecule has 1 aromatic carbocycles. The molecule has 1 amide bonds. The van der Waals surface area contributed by atoms with Crippen LogP contribution in [0.2, 0.25) is 0 Å². The Kier molecular flexibility index (Phi) is 3.06. The number of fused-ring (bicyclic) bond motifs is 2. The van der Waals surface area contributed by atoms with Crippen LogP contribution in [0.5, 0.6) is 0 Å². The molecule has 0 saturated heterocycles. The number of hydrogen-bond donors (Lipinski definition) is 2. The van der Waals surface area contributed by atoms with Gasteiger partial charge in [0.2, 0.25) is 6.35 Å². The van der Waals surface area contributed by atoms with Gasteiger partial charge in [-0.2, -0.15) is 0 Å². The summed E-state index contributed by atoms with van der Waals surface area (Å²) in [6.07, 6.45) is -0.600. The summed E-state index contributed by atoms with van der Waals surface area (Å²) >= 11 is 0. The molecule has 1 aromatic rings. The fourth-order valence-corrected chi connectivity index (χ4v) is 2.38. The molecule has 0 fully saturated rings. The first-order valence-corrected chi connectivity index (χ1v) is 6.49. The van der Waals surface area contributed by atoms with Crippen molar-refractivity contribution in [2.45, 2.75) is 20.2 Å². The monoisotopic (exact) mass is 286 g/mol. The fourth-order valence-electron chi connectivity index (χ4n) is 2.38. The molecule has 0 bridgehead atoms. The van der Waals surface area contributed by atoms with Crippen LogP contribution >= 0.6 is 0 Å². The van der Waals surface area contributed by atoms with Gasteiger partial charge in [-0.3, -0.25) is 4.79 Å². The summed E-state index contributed by atoms with van der Waals surface area (Å²) in [5, 5.41) is 11.8. The summed E-state index contributed by atoms with van der Waals surface area (Å²) in [6.45, 7) is 3.94. The van der Waals surface area contributed by atoms with Gasteiger partial charge >= 0.3 is 0 Å². The quantitative estimate of drug-likeness (QED) is 0.759. The van der Waals surface area contributed by atoms with Gasteiger partial charge < -0.3 is 20.1 Å². The van der Waals surface area contributed by atoms with E-state index in [0.717, 1.165) is 17.4 Å². The summed E-state index contributed by atoms with van der Waals surface area (Å²) in [4.78, 5) is 32.8. The molecule has 2 aliphatic heterocycles. The molecule has 2 heterocycles. The SMILES string of the molecule is Cc1cc2c(cc1C)N(CC=O)C1=NC(O)NC(=O)C1=N2. The van der Waals surface area contributed by atoms with Crippen molar-refractivity contribution in [3.8, 4) is 0 Å². The minimum atomic E-state index is -1.33. The van der Waals surface area contributed by atoms with Crippen molar-refractivity contribution < 1.29 is 14.7 Å². The highest BCUT2D eigenvalue weighted by atomic mass is 16.3. The predicted octanol–water partition coefficient (Wildman–Crippen LogP) is 0.199. The summed E-state index contributed by atoms with van der Waals surface area (Å²) in [5.74, 6) is -0.290. The van der Waals surface area contributed by atoms with E-state index in [1.807, 2.05) is 26.0 Å². The van der Waals surface area contributed by atoms with Crippen LogP contribution in [0.15, 0.2) is 22.1 Å². The van der Waals surface area contributed by atoms with Gasteiger partial charge in [-0.1, -0.05) is 0 Å². The van der Waals surface area contributed by atoms with Crippen molar-refractivity contribution in [3.63, 3.8) is 0 Å². The molecule has 0 saturated carbocycles. The predicted molar refractivity (Wildman–Crippen MR) is 78.0 cm³/mol. The number of amides is 1. The highest BCUT2D eigenvalue weighted by Gasteiger charge is 2.35. The molecule has 7 heteroatoms. The van der Waals surface area contributed by atoms with Gasteiger partial charge in [-0.25, -0.2) is 9.98 Å². The topological polar surface area (TPSA) is 94.4 Å². The number of aliphatic hydroxyl groups is 1. The third kappa shape index (κ3) is 2.11. The minimum absolute atomic E-state index is 0.0351. The molecule has 0 radical (unpaired) electrons. The lowest BCUT2D eigenvalue weighted by Gasteiger charge is -2.33. The van der Waals surface area contributed by atoms with E-state index < -0.39 is 12.3 Å². The number of anilines is 1. The molecule has 2 aliphatic rings. The van der Waals surface area contributed by atoms with E-state index >= 15 is 0 Å². The largest absolute Gasteiger partial charge is 0.355 e. The normalized spacial score (nSPS) is 20.0. The first kappa shape index (κ1) is 13.4. The maximum absolute atomic E-state index is 12.0. The highest BCUT2D eigenvalue weighted by Crippen LogP contribution is 2.35.